The van der Waals surface area contributed by atoms with Gasteiger partial charge >= 0.3 is 0 Å². The Kier molecular flexibility index (Phi) is 3.21. The number of rotatable bonds is 2. The van der Waals surface area contributed by atoms with Crippen molar-refractivity contribution in [3.8, 4) is 0 Å². The normalized spacial score (nSPS) is 21.1. The predicted octanol–water partition coefficient (Wildman–Crippen LogP) is -0.747. The van der Waals surface area contributed by atoms with E-state index in [2.05, 4.69) is 5.10 Å². The molecule has 88 valence electrons. The van der Waals surface area contributed by atoms with Crippen molar-refractivity contribution < 1.29 is 14.6 Å². The molecule has 6 nitrogen and oxygen atoms in total. The molecule has 6 heteroatoms. The molecule has 16 heavy (non-hydrogen) atoms. The Morgan fingerprint density at radius 1 is 1.75 bits per heavy atom. The first-order valence-corrected chi connectivity index (χ1v) is 5.22. The number of carbonyl (C=O) groups is 1. The number of ether oxygens (including phenoxy) is 1. The molecular formula is C10H15N3O3. The summed E-state index contributed by atoms with van der Waals surface area (Å²) in [6.45, 7) is 1.39. The Balaban J connectivity index is 2.07. The fourth-order valence-corrected chi connectivity index (χ4v) is 1.76. The first-order chi connectivity index (χ1) is 7.72. The molecule has 1 aliphatic rings. The van der Waals surface area contributed by atoms with E-state index in [9.17, 15) is 4.79 Å². The second-order valence-electron chi connectivity index (χ2n) is 3.77. The van der Waals surface area contributed by atoms with E-state index in [0.29, 0.717) is 25.4 Å². The highest BCUT2D eigenvalue weighted by atomic mass is 16.5. The van der Waals surface area contributed by atoms with Crippen LogP contribution in [0.15, 0.2) is 12.3 Å². The smallest absolute Gasteiger partial charge is 0.272 e. The number of carbonyl (C=O) groups excluding carboxylic acids is 1. The minimum Gasteiger partial charge on any atom is -0.394 e. The zero-order valence-corrected chi connectivity index (χ0v) is 9.17. The molecule has 0 saturated carbocycles. The lowest BCUT2D eigenvalue weighted by atomic mass is 10.2. The third-order valence-corrected chi connectivity index (χ3v) is 2.67. The summed E-state index contributed by atoms with van der Waals surface area (Å²) in [5, 5.41) is 13.0. The molecule has 1 amide bonds. The molecule has 1 aromatic heterocycles. The average Bonchev–Trinajstić information content (AvgIpc) is 2.74. The molecule has 0 spiro atoms. The Morgan fingerprint density at radius 2 is 2.56 bits per heavy atom. The summed E-state index contributed by atoms with van der Waals surface area (Å²) in [7, 11) is 1.73. The zero-order chi connectivity index (χ0) is 11.5. The molecule has 0 bridgehead atoms. The number of morpholine rings is 1. The van der Waals surface area contributed by atoms with E-state index in [0.717, 1.165) is 0 Å². The van der Waals surface area contributed by atoms with Crippen molar-refractivity contribution in [1.29, 1.82) is 0 Å². The molecule has 0 aliphatic carbocycles. The largest absolute Gasteiger partial charge is 0.394 e. The van der Waals surface area contributed by atoms with E-state index in [-0.39, 0.29) is 18.6 Å². The Morgan fingerprint density at radius 3 is 3.19 bits per heavy atom. The highest BCUT2D eigenvalue weighted by Crippen LogP contribution is 2.09. The Labute approximate surface area is 93.4 Å². The summed E-state index contributed by atoms with van der Waals surface area (Å²) in [5.41, 5.74) is 0.554. The lowest BCUT2D eigenvalue weighted by Gasteiger charge is -2.31. The first kappa shape index (κ1) is 11.1. The van der Waals surface area contributed by atoms with Crippen LogP contribution in [0, 0.1) is 0 Å². The standard InChI is InChI=1S/C10H15N3O3/c1-12-9(2-3-11-12)10(15)13-4-5-16-8(6-13)7-14/h2-3,8,14H,4-7H2,1H3. The summed E-state index contributed by atoms with van der Waals surface area (Å²) in [5.74, 6) is -0.0678. The third-order valence-electron chi connectivity index (χ3n) is 2.67. The summed E-state index contributed by atoms with van der Waals surface area (Å²) < 4.78 is 6.84. The second kappa shape index (κ2) is 4.63. The zero-order valence-electron chi connectivity index (χ0n) is 9.17. The van der Waals surface area contributed by atoms with Gasteiger partial charge in [0.15, 0.2) is 0 Å². The molecule has 1 fully saturated rings. The molecule has 1 atom stereocenters. The van der Waals surface area contributed by atoms with Crippen LogP contribution < -0.4 is 0 Å². The molecule has 1 aromatic rings. The van der Waals surface area contributed by atoms with Crippen LogP contribution in [0.4, 0.5) is 0 Å². The van der Waals surface area contributed by atoms with Crippen LogP contribution in [0.3, 0.4) is 0 Å². The maximum Gasteiger partial charge on any atom is 0.272 e. The molecule has 2 heterocycles. The number of aliphatic hydroxyl groups excluding tert-OH is 1. The third kappa shape index (κ3) is 2.07. The van der Waals surface area contributed by atoms with Crippen molar-refractivity contribution >= 4 is 5.91 Å². The van der Waals surface area contributed by atoms with E-state index in [4.69, 9.17) is 9.84 Å². The van der Waals surface area contributed by atoms with Gasteiger partial charge in [0, 0.05) is 26.3 Å². The second-order valence-corrected chi connectivity index (χ2v) is 3.77. The molecule has 1 saturated heterocycles. The van der Waals surface area contributed by atoms with Gasteiger partial charge in [-0.2, -0.15) is 5.10 Å². The Hall–Kier alpha value is -1.40. The maximum absolute atomic E-state index is 12.1. The van der Waals surface area contributed by atoms with Crippen molar-refractivity contribution in [1.82, 2.24) is 14.7 Å². The molecule has 1 aliphatic heterocycles. The van der Waals surface area contributed by atoms with Gasteiger partial charge in [-0.1, -0.05) is 0 Å². The summed E-state index contributed by atoms with van der Waals surface area (Å²) in [6, 6.07) is 1.69. The molecule has 2 rings (SSSR count). The molecular weight excluding hydrogens is 210 g/mol. The van der Waals surface area contributed by atoms with Gasteiger partial charge in [-0.25, -0.2) is 0 Å². The quantitative estimate of drug-likeness (QED) is 0.719. The number of hydrogen-bond donors (Lipinski definition) is 1. The van der Waals surface area contributed by atoms with E-state index in [1.165, 1.54) is 0 Å². The monoisotopic (exact) mass is 225 g/mol. The number of amides is 1. The summed E-state index contributed by atoms with van der Waals surface area (Å²) in [6.07, 6.45) is 1.32. The van der Waals surface area contributed by atoms with E-state index in [1.54, 1.807) is 28.9 Å². The van der Waals surface area contributed by atoms with Gasteiger partial charge in [0.1, 0.15) is 5.69 Å². The number of aromatic nitrogens is 2. The molecule has 1 N–H and O–H groups in total. The lowest BCUT2D eigenvalue weighted by molar-refractivity contribution is -0.0449. The highest BCUT2D eigenvalue weighted by Gasteiger charge is 2.25. The van der Waals surface area contributed by atoms with Crippen LogP contribution in [0.1, 0.15) is 10.5 Å². The van der Waals surface area contributed by atoms with Crippen LogP contribution in [0.2, 0.25) is 0 Å². The summed E-state index contributed by atoms with van der Waals surface area (Å²) >= 11 is 0. The van der Waals surface area contributed by atoms with Gasteiger partial charge in [0.05, 0.1) is 19.3 Å². The van der Waals surface area contributed by atoms with Crippen molar-refractivity contribution in [2.75, 3.05) is 26.3 Å². The van der Waals surface area contributed by atoms with Gasteiger partial charge in [-0.3, -0.25) is 9.48 Å². The van der Waals surface area contributed by atoms with Gasteiger partial charge in [-0.15, -0.1) is 0 Å². The van der Waals surface area contributed by atoms with Crippen LogP contribution in [-0.2, 0) is 11.8 Å². The van der Waals surface area contributed by atoms with Gasteiger partial charge in [0.25, 0.3) is 5.91 Å². The number of aryl methyl sites for hydroxylation is 1. The maximum atomic E-state index is 12.1. The number of nitrogens with zero attached hydrogens (tertiary/aromatic N) is 3. The summed E-state index contributed by atoms with van der Waals surface area (Å²) in [4.78, 5) is 13.8. The molecule has 0 radical (unpaired) electrons. The number of aliphatic hydroxyl groups is 1. The predicted molar refractivity (Wildman–Crippen MR) is 55.9 cm³/mol. The van der Waals surface area contributed by atoms with E-state index in [1.807, 2.05) is 0 Å². The number of hydrogen-bond acceptors (Lipinski definition) is 4. The highest BCUT2D eigenvalue weighted by molar-refractivity contribution is 5.92. The van der Waals surface area contributed by atoms with Crippen LogP contribution in [0.25, 0.3) is 0 Å². The average molecular weight is 225 g/mol. The van der Waals surface area contributed by atoms with E-state index < -0.39 is 0 Å². The van der Waals surface area contributed by atoms with Crippen molar-refractivity contribution in [2.45, 2.75) is 6.10 Å². The fraction of sp³-hybridized carbons (Fsp3) is 0.600. The Bertz CT molecular complexity index is 377. The van der Waals surface area contributed by atoms with Gasteiger partial charge < -0.3 is 14.7 Å². The SMILES string of the molecule is Cn1nccc1C(=O)N1CCOC(CO)C1. The van der Waals surface area contributed by atoms with Gasteiger partial charge in [-0.05, 0) is 6.07 Å². The topological polar surface area (TPSA) is 67.6 Å². The minimum atomic E-state index is -0.272. The van der Waals surface area contributed by atoms with Crippen molar-refractivity contribution in [3.05, 3.63) is 18.0 Å². The molecule has 0 aromatic carbocycles. The fourth-order valence-electron chi connectivity index (χ4n) is 1.76. The van der Waals surface area contributed by atoms with E-state index >= 15 is 0 Å². The van der Waals surface area contributed by atoms with Crippen LogP contribution in [0.5, 0.6) is 0 Å². The van der Waals surface area contributed by atoms with Crippen LogP contribution >= 0.6 is 0 Å². The van der Waals surface area contributed by atoms with Crippen LogP contribution in [-0.4, -0.2) is 58.1 Å². The lowest BCUT2D eigenvalue weighted by Crippen LogP contribution is -2.47. The van der Waals surface area contributed by atoms with Crippen molar-refractivity contribution in [2.24, 2.45) is 7.05 Å². The van der Waals surface area contributed by atoms with Crippen molar-refractivity contribution in [3.63, 3.8) is 0 Å². The minimum absolute atomic E-state index is 0.0604. The first-order valence-electron chi connectivity index (χ1n) is 5.22. The molecule has 1 unspecified atom stereocenters. The van der Waals surface area contributed by atoms with Gasteiger partial charge in [0.2, 0.25) is 0 Å².